The van der Waals surface area contributed by atoms with Gasteiger partial charge in [0.15, 0.2) is 0 Å². The summed E-state index contributed by atoms with van der Waals surface area (Å²) < 4.78 is 0. The summed E-state index contributed by atoms with van der Waals surface area (Å²) in [6.07, 6.45) is 9.17. The summed E-state index contributed by atoms with van der Waals surface area (Å²) in [7, 11) is 0. The molecule has 0 atom stereocenters. The van der Waals surface area contributed by atoms with Gasteiger partial charge in [0.05, 0.1) is 5.56 Å². The van der Waals surface area contributed by atoms with Gasteiger partial charge in [-0.25, -0.2) is 0 Å². The molecular weight excluding hydrogens is 292 g/mol. The van der Waals surface area contributed by atoms with Crippen molar-refractivity contribution in [2.45, 2.75) is 71.6 Å². The third-order valence-electron chi connectivity index (χ3n) is 4.16. The fourth-order valence-corrected chi connectivity index (χ4v) is 2.56. The minimum absolute atomic E-state index is 0.0233. The molecule has 0 spiro atoms. The van der Waals surface area contributed by atoms with Crippen molar-refractivity contribution >= 4 is 11.6 Å². The SMILES string of the molecule is CCCCCCCCCCC(=O)C(=O)c1ccc(O)c(C)c1O. The van der Waals surface area contributed by atoms with Crippen molar-refractivity contribution in [2.24, 2.45) is 0 Å². The molecule has 0 saturated heterocycles. The lowest BCUT2D eigenvalue weighted by atomic mass is 9.99. The topological polar surface area (TPSA) is 74.6 Å². The van der Waals surface area contributed by atoms with Crippen molar-refractivity contribution in [1.82, 2.24) is 0 Å². The maximum atomic E-state index is 12.1. The van der Waals surface area contributed by atoms with Crippen LogP contribution >= 0.6 is 0 Å². The van der Waals surface area contributed by atoms with Crippen molar-refractivity contribution in [3.8, 4) is 11.5 Å². The summed E-state index contributed by atoms with van der Waals surface area (Å²) in [6.45, 7) is 3.69. The average Bonchev–Trinajstić information content (AvgIpc) is 2.54. The van der Waals surface area contributed by atoms with Crippen LogP contribution in [0.15, 0.2) is 12.1 Å². The number of aromatic hydroxyl groups is 2. The van der Waals surface area contributed by atoms with Crippen molar-refractivity contribution in [3.63, 3.8) is 0 Å². The molecule has 0 bridgehead atoms. The van der Waals surface area contributed by atoms with Crippen LogP contribution in [0.3, 0.4) is 0 Å². The van der Waals surface area contributed by atoms with E-state index in [0.717, 1.165) is 12.8 Å². The molecule has 0 fully saturated rings. The number of benzene rings is 1. The monoisotopic (exact) mass is 320 g/mol. The van der Waals surface area contributed by atoms with Gasteiger partial charge in [-0.1, -0.05) is 51.9 Å². The second-order valence-corrected chi connectivity index (χ2v) is 6.08. The molecular formula is C19H28O4. The quantitative estimate of drug-likeness (QED) is 0.352. The third-order valence-corrected chi connectivity index (χ3v) is 4.16. The Labute approximate surface area is 138 Å². The highest BCUT2D eigenvalue weighted by molar-refractivity contribution is 6.44. The molecule has 0 aliphatic rings. The van der Waals surface area contributed by atoms with Gasteiger partial charge in [-0.3, -0.25) is 9.59 Å². The van der Waals surface area contributed by atoms with Gasteiger partial charge in [-0.05, 0) is 25.5 Å². The fourth-order valence-electron chi connectivity index (χ4n) is 2.56. The van der Waals surface area contributed by atoms with E-state index >= 15 is 0 Å². The van der Waals surface area contributed by atoms with Crippen molar-refractivity contribution in [2.75, 3.05) is 0 Å². The number of carbonyl (C=O) groups excluding carboxylic acids is 2. The summed E-state index contributed by atoms with van der Waals surface area (Å²) in [5, 5.41) is 19.3. The van der Waals surface area contributed by atoms with E-state index in [0.29, 0.717) is 6.42 Å². The maximum absolute atomic E-state index is 12.1. The number of phenols is 2. The highest BCUT2D eigenvalue weighted by Gasteiger charge is 2.21. The number of ketones is 2. The molecule has 0 saturated carbocycles. The molecule has 0 unspecified atom stereocenters. The van der Waals surface area contributed by atoms with E-state index in [1.165, 1.54) is 51.2 Å². The van der Waals surface area contributed by atoms with E-state index in [-0.39, 0.29) is 29.0 Å². The number of phenolic OH excluding ortho intramolecular Hbond substituents is 2. The van der Waals surface area contributed by atoms with Crippen LogP contribution in [0.25, 0.3) is 0 Å². The molecule has 0 amide bonds. The minimum atomic E-state index is -0.673. The lowest BCUT2D eigenvalue weighted by molar-refractivity contribution is -0.115. The van der Waals surface area contributed by atoms with Gasteiger partial charge < -0.3 is 10.2 Å². The van der Waals surface area contributed by atoms with Crippen LogP contribution in [0.5, 0.6) is 11.5 Å². The Hall–Kier alpha value is -1.84. The Morgan fingerprint density at radius 2 is 1.48 bits per heavy atom. The molecule has 1 aromatic carbocycles. The summed E-state index contributed by atoms with van der Waals surface area (Å²) >= 11 is 0. The molecule has 2 N–H and O–H groups in total. The standard InChI is InChI=1S/C19H28O4/c1-3-4-5-6-7-8-9-10-11-17(21)19(23)15-12-13-16(20)14(2)18(15)22/h12-13,20,22H,3-11H2,1-2H3. The summed E-state index contributed by atoms with van der Waals surface area (Å²) in [5.74, 6) is -1.54. The molecule has 1 rings (SSSR count). The van der Waals surface area contributed by atoms with Crippen molar-refractivity contribution < 1.29 is 19.8 Å². The van der Waals surface area contributed by atoms with Crippen LogP contribution < -0.4 is 0 Å². The molecule has 0 aliphatic heterocycles. The molecule has 4 heteroatoms. The molecule has 4 nitrogen and oxygen atoms in total. The Bertz CT molecular complexity index is 534. The first-order valence-electron chi connectivity index (χ1n) is 8.58. The minimum Gasteiger partial charge on any atom is -0.508 e. The van der Waals surface area contributed by atoms with E-state index in [1.807, 2.05) is 0 Å². The largest absolute Gasteiger partial charge is 0.508 e. The molecule has 0 radical (unpaired) electrons. The number of unbranched alkanes of at least 4 members (excludes halogenated alkanes) is 7. The number of hydrogen-bond acceptors (Lipinski definition) is 4. The first-order chi connectivity index (χ1) is 11.0. The first kappa shape index (κ1) is 19.2. The molecule has 0 aromatic heterocycles. The zero-order valence-corrected chi connectivity index (χ0v) is 14.2. The highest BCUT2D eigenvalue weighted by Crippen LogP contribution is 2.30. The zero-order valence-electron chi connectivity index (χ0n) is 14.2. The van der Waals surface area contributed by atoms with Crippen LogP contribution in [0.1, 0.15) is 80.6 Å². The summed E-state index contributed by atoms with van der Waals surface area (Å²) in [5.41, 5.74) is 0.195. The fraction of sp³-hybridized carbons (Fsp3) is 0.579. The van der Waals surface area contributed by atoms with Crippen LogP contribution in [-0.4, -0.2) is 21.8 Å². The van der Waals surface area contributed by atoms with Gasteiger partial charge in [0.25, 0.3) is 0 Å². The predicted octanol–water partition coefficient (Wildman–Crippen LogP) is 4.69. The smallest absolute Gasteiger partial charge is 0.232 e. The Morgan fingerprint density at radius 1 is 0.913 bits per heavy atom. The van der Waals surface area contributed by atoms with E-state index in [2.05, 4.69) is 6.92 Å². The first-order valence-corrected chi connectivity index (χ1v) is 8.58. The molecule has 23 heavy (non-hydrogen) atoms. The van der Waals surface area contributed by atoms with Gasteiger partial charge in [0.2, 0.25) is 11.6 Å². The number of carbonyl (C=O) groups is 2. The van der Waals surface area contributed by atoms with Gasteiger partial charge in [0.1, 0.15) is 11.5 Å². The van der Waals surface area contributed by atoms with Crippen LogP contribution in [0.4, 0.5) is 0 Å². The third kappa shape index (κ3) is 6.05. The second kappa shape index (κ2) is 10.0. The van der Waals surface area contributed by atoms with Crippen molar-refractivity contribution in [3.05, 3.63) is 23.3 Å². The van der Waals surface area contributed by atoms with E-state index in [4.69, 9.17) is 0 Å². The van der Waals surface area contributed by atoms with E-state index in [1.54, 1.807) is 0 Å². The van der Waals surface area contributed by atoms with Gasteiger partial charge >= 0.3 is 0 Å². The molecule has 1 aromatic rings. The highest BCUT2D eigenvalue weighted by atomic mass is 16.3. The van der Waals surface area contributed by atoms with E-state index in [9.17, 15) is 19.8 Å². The van der Waals surface area contributed by atoms with E-state index < -0.39 is 11.6 Å². The lowest BCUT2D eigenvalue weighted by Gasteiger charge is -2.07. The maximum Gasteiger partial charge on any atom is 0.232 e. The molecule has 0 heterocycles. The number of Topliss-reactive ketones (excluding diaryl/α,β-unsaturated/α-hetero) is 2. The average molecular weight is 320 g/mol. The summed E-state index contributed by atoms with van der Waals surface area (Å²) in [6, 6.07) is 2.62. The Morgan fingerprint density at radius 3 is 2.09 bits per heavy atom. The molecule has 0 aliphatic carbocycles. The Kier molecular flexibility index (Phi) is 8.38. The lowest BCUT2D eigenvalue weighted by Crippen LogP contribution is -2.14. The second-order valence-electron chi connectivity index (χ2n) is 6.08. The van der Waals surface area contributed by atoms with Crippen LogP contribution in [0.2, 0.25) is 0 Å². The zero-order chi connectivity index (χ0) is 17.2. The van der Waals surface area contributed by atoms with Crippen LogP contribution in [-0.2, 0) is 4.79 Å². The predicted molar refractivity (Wildman–Crippen MR) is 91.1 cm³/mol. The van der Waals surface area contributed by atoms with Gasteiger partial charge in [0, 0.05) is 12.0 Å². The number of rotatable bonds is 11. The van der Waals surface area contributed by atoms with Crippen molar-refractivity contribution in [1.29, 1.82) is 0 Å². The normalized spacial score (nSPS) is 10.7. The summed E-state index contributed by atoms with van der Waals surface area (Å²) in [4.78, 5) is 24.0. The number of hydrogen-bond donors (Lipinski definition) is 2. The van der Waals surface area contributed by atoms with Crippen LogP contribution in [0, 0.1) is 6.92 Å². The van der Waals surface area contributed by atoms with Gasteiger partial charge in [-0.2, -0.15) is 0 Å². The van der Waals surface area contributed by atoms with Gasteiger partial charge in [-0.15, -0.1) is 0 Å². The molecule has 128 valence electrons. The Balaban J connectivity index is 2.35.